The maximum atomic E-state index is 12.7. The zero-order chi connectivity index (χ0) is 20.8. The lowest BCUT2D eigenvalue weighted by molar-refractivity contribution is -0.142. The highest BCUT2D eigenvalue weighted by Crippen LogP contribution is 2.16. The molecule has 2 atom stereocenters. The van der Waals surface area contributed by atoms with Crippen LogP contribution in [0.3, 0.4) is 0 Å². The molecule has 0 aliphatic rings. The average molecular weight is 379 g/mol. The van der Waals surface area contributed by atoms with Gasteiger partial charge in [0.15, 0.2) is 11.3 Å². The van der Waals surface area contributed by atoms with E-state index in [1.165, 1.54) is 0 Å². The van der Waals surface area contributed by atoms with E-state index in [1.54, 1.807) is 51.1 Å². The molecule has 2 amide bonds. The number of ether oxygens (including phenoxy) is 1. The summed E-state index contributed by atoms with van der Waals surface area (Å²) in [7, 11) is 0. The number of nitrogens with one attached hydrogen (secondary N) is 1. The Kier molecular flexibility index (Phi) is 7.21. The van der Waals surface area contributed by atoms with Crippen molar-refractivity contribution in [3.8, 4) is 0 Å². The summed E-state index contributed by atoms with van der Waals surface area (Å²) in [6.45, 7) is 4.81. The van der Waals surface area contributed by atoms with Crippen LogP contribution < -0.4 is 16.8 Å². The number of carbonyl (C=O) groups is 4. The van der Waals surface area contributed by atoms with Crippen molar-refractivity contribution in [2.45, 2.75) is 50.8 Å². The third-order valence-electron chi connectivity index (χ3n) is 3.52. The molecule has 6 N–H and O–H groups in total. The zero-order valence-electron chi connectivity index (χ0n) is 15.5. The van der Waals surface area contributed by atoms with Gasteiger partial charge in [-0.05, 0) is 26.3 Å². The Balaban J connectivity index is 3.12. The molecule has 0 aliphatic heterocycles. The van der Waals surface area contributed by atoms with Crippen molar-refractivity contribution in [1.82, 2.24) is 5.32 Å². The molecule has 0 unspecified atom stereocenters. The van der Waals surface area contributed by atoms with Crippen LogP contribution in [0.15, 0.2) is 30.3 Å². The molecule has 27 heavy (non-hydrogen) atoms. The van der Waals surface area contributed by atoms with Gasteiger partial charge < -0.3 is 21.3 Å². The maximum Gasteiger partial charge on any atom is 0.414 e. The minimum atomic E-state index is -2.24. The molecule has 148 valence electrons. The number of amides is 2. The number of ketones is 1. The molecule has 9 heteroatoms. The second kappa shape index (κ2) is 8.74. The largest absolute Gasteiger partial charge is 0.481 e. The summed E-state index contributed by atoms with van der Waals surface area (Å²) in [5.74, 6) is -3.42. The summed E-state index contributed by atoms with van der Waals surface area (Å²) in [6, 6.07) is 6.87. The predicted octanol–water partition coefficient (Wildman–Crippen LogP) is 0.349. The lowest BCUT2D eigenvalue weighted by Crippen LogP contribution is -2.66. The molecule has 1 rings (SSSR count). The van der Waals surface area contributed by atoms with Crippen LogP contribution in [0.2, 0.25) is 0 Å². The normalized spacial score (nSPS) is 14.6. The first-order chi connectivity index (χ1) is 12.3. The number of hydrogen-bond acceptors (Lipinski definition) is 7. The molecule has 1 aromatic rings. The van der Waals surface area contributed by atoms with Gasteiger partial charge in [0.25, 0.3) is 5.91 Å². The number of alkyl carbamates (subject to hydrolysis) is 1. The molecule has 0 aliphatic carbocycles. The molecule has 0 saturated carbocycles. The number of nitrogens with two attached hydrogens (primary N) is 2. The van der Waals surface area contributed by atoms with E-state index in [-0.39, 0.29) is 6.42 Å². The molecule has 0 radical (unpaired) electrons. The molecule has 0 spiro atoms. The van der Waals surface area contributed by atoms with Crippen LogP contribution >= 0.6 is 0 Å². The van der Waals surface area contributed by atoms with Crippen molar-refractivity contribution in [2.24, 2.45) is 11.5 Å². The van der Waals surface area contributed by atoms with Crippen LogP contribution in [-0.4, -0.2) is 46.0 Å². The minimum absolute atomic E-state index is 0.269. The van der Waals surface area contributed by atoms with Gasteiger partial charge in [-0.2, -0.15) is 0 Å². The first kappa shape index (κ1) is 22.3. The molecule has 0 fully saturated rings. The van der Waals surface area contributed by atoms with E-state index in [0.717, 1.165) is 0 Å². The Morgan fingerprint density at radius 3 is 2.19 bits per heavy atom. The molecule has 0 saturated heterocycles. The Morgan fingerprint density at radius 2 is 1.70 bits per heavy atom. The topological polar surface area (TPSA) is 162 Å². The summed E-state index contributed by atoms with van der Waals surface area (Å²) in [5.41, 5.74) is 9.11. The highest BCUT2D eigenvalue weighted by atomic mass is 16.6. The van der Waals surface area contributed by atoms with Crippen molar-refractivity contribution in [1.29, 1.82) is 0 Å². The molecule has 9 nitrogen and oxygen atoms in total. The SMILES string of the molecule is CC(C)(C)OC(=O)NC(=O)[C@@](N)(Cc1ccccc1)C(=O)[C@@H](N)CC(=O)O. The van der Waals surface area contributed by atoms with Crippen molar-refractivity contribution >= 4 is 23.8 Å². The molecule has 0 aromatic heterocycles. The van der Waals surface area contributed by atoms with Crippen molar-refractivity contribution in [2.75, 3.05) is 0 Å². The summed E-state index contributed by atoms with van der Waals surface area (Å²) in [4.78, 5) is 48.1. The van der Waals surface area contributed by atoms with Gasteiger partial charge in [-0.1, -0.05) is 30.3 Å². The molecule has 1 aromatic carbocycles. The summed E-state index contributed by atoms with van der Waals surface area (Å²) in [6.07, 6.45) is -2.05. The van der Waals surface area contributed by atoms with E-state index in [4.69, 9.17) is 21.3 Å². The number of hydrogen-bond donors (Lipinski definition) is 4. The second-order valence-electron chi connectivity index (χ2n) is 7.16. The second-order valence-corrected chi connectivity index (χ2v) is 7.16. The number of carbonyl (C=O) groups excluding carboxylic acids is 3. The van der Waals surface area contributed by atoms with Gasteiger partial charge in [0.2, 0.25) is 0 Å². The number of rotatable bonds is 7. The predicted molar refractivity (Wildman–Crippen MR) is 96.7 cm³/mol. The third kappa shape index (κ3) is 6.80. The number of imide groups is 1. The van der Waals surface area contributed by atoms with Gasteiger partial charge >= 0.3 is 12.1 Å². The number of benzene rings is 1. The lowest BCUT2D eigenvalue weighted by Gasteiger charge is -2.29. The van der Waals surface area contributed by atoms with Gasteiger partial charge in [0.05, 0.1) is 12.5 Å². The monoisotopic (exact) mass is 379 g/mol. The Hall–Kier alpha value is -2.78. The van der Waals surface area contributed by atoms with E-state index in [9.17, 15) is 19.2 Å². The van der Waals surface area contributed by atoms with E-state index < -0.39 is 47.4 Å². The maximum absolute atomic E-state index is 12.7. The van der Waals surface area contributed by atoms with Crippen molar-refractivity contribution in [3.05, 3.63) is 35.9 Å². The fraction of sp³-hybridized carbons (Fsp3) is 0.444. The summed E-state index contributed by atoms with van der Waals surface area (Å²) >= 11 is 0. The Labute approximate surface area is 157 Å². The first-order valence-electron chi connectivity index (χ1n) is 8.24. The Morgan fingerprint density at radius 1 is 1.15 bits per heavy atom. The number of carboxylic acids is 1. The summed E-state index contributed by atoms with van der Waals surface area (Å²) < 4.78 is 5.00. The van der Waals surface area contributed by atoms with E-state index in [1.807, 2.05) is 5.32 Å². The zero-order valence-corrected chi connectivity index (χ0v) is 15.5. The fourth-order valence-corrected chi connectivity index (χ4v) is 2.32. The number of Topliss-reactive ketones (excluding diaryl/α,β-unsaturated/α-hetero) is 1. The van der Waals surface area contributed by atoms with Gasteiger partial charge in [-0.3, -0.25) is 19.7 Å². The molecular formula is C18H25N3O6. The summed E-state index contributed by atoms with van der Waals surface area (Å²) in [5, 5.41) is 10.8. The van der Waals surface area contributed by atoms with E-state index in [0.29, 0.717) is 5.56 Å². The van der Waals surface area contributed by atoms with Gasteiger partial charge in [-0.25, -0.2) is 4.79 Å². The van der Waals surface area contributed by atoms with E-state index >= 15 is 0 Å². The number of carboxylic acid groups (broad SMARTS) is 1. The number of aliphatic carboxylic acids is 1. The quantitative estimate of drug-likeness (QED) is 0.493. The standard InChI is InChI=1S/C18H25N3O6/c1-17(2,3)27-16(26)21-15(25)18(20,10-11-7-5-4-6-8-11)14(24)12(19)9-13(22)23/h4-8,12H,9-10,19-20H2,1-3H3,(H,22,23)(H,21,25,26)/t12-,18+/m0/s1. The lowest BCUT2D eigenvalue weighted by atomic mass is 9.82. The first-order valence-corrected chi connectivity index (χ1v) is 8.24. The minimum Gasteiger partial charge on any atom is -0.481 e. The highest BCUT2D eigenvalue weighted by Gasteiger charge is 2.45. The molecular weight excluding hydrogens is 354 g/mol. The smallest absolute Gasteiger partial charge is 0.414 e. The van der Waals surface area contributed by atoms with E-state index in [2.05, 4.69) is 0 Å². The molecule has 0 heterocycles. The Bertz CT molecular complexity index is 714. The van der Waals surface area contributed by atoms with Crippen LogP contribution in [0.25, 0.3) is 0 Å². The van der Waals surface area contributed by atoms with Crippen LogP contribution in [0.1, 0.15) is 32.8 Å². The average Bonchev–Trinajstić information content (AvgIpc) is 2.52. The van der Waals surface area contributed by atoms with Crippen molar-refractivity contribution < 1.29 is 29.0 Å². The van der Waals surface area contributed by atoms with Gasteiger partial charge in [0.1, 0.15) is 5.60 Å². The van der Waals surface area contributed by atoms with Crippen LogP contribution in [0.4, 0.5) is 4.79 Å². The van der Waals surface area contributed by atoms with Crippen molar-refractivity contribution in [3.63, 3.8) is 0 Å². The van der Waals surface area contributed by atoms with Crippen LogP contribution in [-0.2, 0) is 25.5 Å². The molecule has 0 bridgehead atoms. The van der Waals surface area contributed by atoms with Gasteiger partial charge in [-0.15, -0.1) is 0 Å². The van der Waals surface area contributed by atoms with Crippen LogP contribution in [0.5, 0.6) is 0 Å². The van der Waals surface area contributed by atoms with Gasteiger partial charge in [0, 0.05) is 6.42 Å². The van der Waals surface area contributed by atoms with Crippen LogP contribution in [0, 0.1) is 0 Å². The highest BCUT2D eigenvalue weighted by molar-refractivity contribution is 6.16. The fourth-order valence-electron chi connectivity index (χ4n) is 2.32. The third-order valence-corrected chi connectivity index (χ3v) is 3.52.